The molecule has 0 aliphatic rings. The maximum Gasteiger partial charge on any atom is 0.0517 e. The molecule has 0 aromatic heterocycles. The largest absolute Gasteiger partial charge is 0.312 e. The summed E-state index contributed by atoms with van der Waals surface area (Å²) < 4.78 is 0. The number of terminal acetylenes is 1. The summed E-state index contributed by atoms with van der Waals surface area (Å²) in [6, 6.07) is 0. The van der Waals surface area contributed by atoms with Gasteiger partial charge in [0.25, 0.3) is 0 Å². The van der Waals surface area contributed by atoms with Gasteiger partial charge >= 0.3 is 0 Å². The van der Waals surface area contributed by atoms with Crippen molar-refractivity contribution in [3.8, 4) is 12.3 Å². The molecule has 1 nitrogen and oxygen atoms in total. The maximum absolute atomic E-state index is 6.54. The van der Waals surface area contributed by atoms with Gasteiger partial charge < -0.3 is 5.41 Å². The van der Waals surface area contributed by atoms with E-state index in [0.717, 1.165) is 0 Å². The normalized spacial score (nSPS) is 12.0. The summed E-state index contributed by atoms with van der Waals surface area (Å²) in [6.45, 7) is 1.80. The third-order valence-electron chi connectivity index (χ3n) is 0.513. The van der Waals surface area contributed by atoms with Crippen LogP contribution in [0.3, 0.4) is 0 Å². The minimum absolute atomic E-state index is 0.00463. The monoisotopic (exact) mass is 81.1 g/mol. The molecule has 6 heavy (non-hydrogen) atoms. The van der Waals surface area contributed by atoms with Crippen molar-refractivity contribution in [3.05, 3.63) is 0 Å². The van der Waals surface area contributed by atoms with Gasteiger partial charge in [-0.1, -0.05) is 5.92 Å². The van der Waals surface area contributed by atoms with E-state index in [-0.39, 0.29) is 5.92 Å². The molecule has 0 aliphatic carbocycles. The SMILES string of the molecule is C#CC(C)C=N. The van der Waals surface area contributed by atoms with E-state index in [0.29, 0.717) is 0 Å². The van der Waals surface area contributed by atoms with Crippen LogP contribution in [0, 0.1) is 23.7 Å². The van der Waals surface area contributed by atoms with E-state index in [1.807, 2.05) is 0 Å². The molecule has 0 heterocycles. The van der Waals surface area contributed by atoms with Gasteiger partial charge in [-0.15, -0.1) is 6.42 Å². The fraction of sp³-hybridized carbons (Fsp3) is 0.400. The molecule has 0 spiro atoms. The Hall–Kier alpha value is -0.770. The first-order chi connectivity index (χ1) is 2.81. The molecule has 0 saturated carbocycles. The van der Waals surface area contributed by atoms with Gasteiger partial charge in [-0.2, -0.15) is 0 Å². The van der Waals surface area contributed by atoms with Gasteiger partial charge in [0.15, 0.2) is 0 Å². The van der Waals surface area contributed by atoms with Crippen LogP contribution >= 0.6 is 0 Å². The van der Waals surface area contributed by atoms with Crippen molar-refractivity contribution < 1.29 is 0 Å². The highest BCUT2D eigenvalue weighted by molar-refractivity contribution is 5.60. The summed E-state index contributed by atoms with van der Waals surface area (Å²) >= 11 is 0. The van der Waals surface area contributed by atoms with Crippen LogP contribution in [0.2, 0.25) is 0 Å². The number of nitrogens with one attached hydrogen (secondary N) is 1. The zero-order valence-corrected chi connectivity index (χ0v) is 3.73. The summed E-state index contributed by atoms with van der Waals surface area (Å²) in [6.07, 6.45) is 6.12. The van der Waals surface area contributed by atoms with Gasteiger partial charge in [0.2, 0.25) is 0 Å². The third-order valence-corrected chi connectivity index (χ3v) is 0.513. The topological polar surface area (TPSA) is 23.9 Å². The number of hydrogen-bond acceptors (Lipinski definition) is 1. The Balaban J connectivity index is 3.30. The molecule has 32 valence electrons. The molecule has 0 rings (SSSR count). The Morgan fingerprint density at radius 3 is 2.50 bits per heavy atom. The summed E-state index contributed by atoms with van der Waals surface area (Å²) in [5.41, 5.74) is 0. The standard InChI is InChI=1S/C5H7N/c1-3-5(2)4-6/h1,4-6H,2H3. The Bertz CT molecular complexity index is 78.4. The number of hydrogen-bond donors (Lipinski definition) is 1. The fourth-order valence-corrected chi connectivity index (χ4v) is 0.0481. The molecule has 0 aliphatic heterocycles. The smallest absolute Gasteiger partial charge is 0.0517 e. The predicted molar refractivity (Wildman–Crippen MR) is 26.8 cm³/mol. The minimum Gasteiger partial charge on any atom is -0.312 e. The molecule has 0 fully saturated rings. The lowest BCUT2D eigenvalue weighted by molar-refractivity contribution is 1.06. The van der Waals surface area contributed by atoms with Crippen LogP contribution in [-0.2, 0) is 0 Å². The van der Waals surface area contributed by atoms with Crippen molar-refractivity contribution in [2.24, 2.45) is 5.92 Å². The second-order valence-corrected chi connectivity index (χ2v) is 1.12. The first kappa shape index (κ1) is 5.23. The molecule has 0 amide bonds. The minimum atomic E-state index is 0.00463. The molecule has 0 bridgehead atoms. The molecule has 0 aromatic rings. The van der Waals surface area contributed by atoms with E-state index in [1.54, 1.807) is 6.92 Å². The predicted octanol–water partition coefficient (Wildman–Crippen LogP) is 0.905. The van der Waals surface area contributed by atoms with E-state index in [2.05, 4.69) is 5.92 Å². The van der Waals surface area contributed by atoms with Crippen molar-refractivity contribution in [1.82, 2.24) is 0 Å². The zero-order chi connectivity index (χ0) is 4.99. The van der Waals surface area contributed by atoms with Crippen LogP contribution in [0.15, 0.2) is 0 Å². The molecule has 0 radical (unpaired) electrons. The second kappa shape index (κ2) is 2.47. The van der Waals surface area contributed by atoms with Gasteiger partial charge in [0.1, 0.15) is 0 Å². The van der Waals surface area contributed by atoms with E-state index in [4.69, 9.17) is 11.8 Å². The molecule has 0 saturated heterocycles. The van der Waals surface area contributed by atoms with Crippen LogP contribution < -0.4 is 0 Å². The van der Waals surface area contributed by atoms with E-state index >= 15 is 0 Å². The maximum atomic E-state index is 6.54. The van der Waals surface area contributed by atoms with E-state index < -0.39 is 0 Å². The Morgan fingerprint density at radius 1 is 2.00 bits per heavy atom. The van der Waals surface area contributed by atoms with Crippen LogP contribution in [0.25, 0.3) is 0 Å². The number of rotatable bonds is 1. The lowest BCUT2D eigenvalue weighted by Gasteiger charge is -1.83. The molecule has 0 aromatic carbocycles. The fourth-order valence-electron chi connectivity index (χ4n) is 0.0481. The van der Waals surface area contributed by atoms with Crippen LogP contribution in [0.5, 0.6) is 0 Å². The Kier molecular flexibility index (Phi) is 2.15. The Labute approximate surface area is 37.9 Å². The van der Waals surface area contributed by atoms with Gasteiger partial charge in [-0.05, 0) is 6.92 Å². The quantitative estimate of drug-likeness (QED) is 0.358. The third kappa shape index (κ3) is 1.54. The summed E-state index contributed by atoms with van der Waals surface area (Å²) in [4.78, 5) is 0. The molecule has 1 unspecified atom stereocenters. The highest BCUT2D eigenvalue weighted by atomic mass is 14.3. The zero-order valence-electron chi connectivity index (χ0n) is 3.73. The lowest BCUT2D eigenvalue weighted by Crippen LogP contribution is -1.85. The average molecular weight is 81.1 g/mol. The Morgan fingerprint density at radius 2 is 2.50 bits per heavy atom. The summed E-state index contributed by atoms with van der Waals surface area (Å²) in [7, 11) is 0. The average Bonchev–Trinajstić information content (AvgIpc) is 1.65. The van der Waals surface area contributed by atoms with E-state index in [9.17, 15) is 0 Å². The van der Waals surface area contributed by atoms with Crippen molar-refractivity contribution in [2.45, 2.75) is 6.92 Å². The van der Waals surface area contributed by atoms with Gasteiger partial charge in [-0.25, -0.2) is 0 Å². The second-order valence-electron chi connectivity index (χ2n) is 1.12. The van der Waals surface area contributed by atoms with Gasteiger partial charge in [-0.3, -0.25) is 0 Å². The van der Waals surface area contributed by atoms with Crippen molar-refractivity contribution in [2.75, 3.05) is 0 Å². The summed E-state index contributed by atoms with van der Waals surface area (Å²) in [5, 5.41) is 6.54. The van der Waals surface area contributed by atoms with Crippen molar-refractivity contribution in [3.63, 3.8) is 0 Å². The summed E-state index contributed by atoms with van der Waals surface area (Å²) in [5.74, 6) is 2.38. The lowest BCUT2D eigenvalue weighted by atomic mass is 10.2. The molecule has 1 atom stereocenters. The molecular weight excluding hydrogens is 74.1 g/mol. The molecule has 1 heteroatoms. The van der Waals surface area contributed by atoms with Gasteiger partial charge in [0.05, 0.1) is 5.92 Å². The highest BCUT2D eigenvalue weighted by Crippen LogP contribution is 1.79. The van der Waals surface area contributed by atoms with Gasteiger partial charge in [0, 0.05) is 6.21 Å². The van der Waals surface area contributed by atoms with Crippen LogP contribution in [0.4, 0.5) is 0 Å². The highest BCUT2D eigenvalue weighted by Gasteiger charge is 1.81. The molecular formula is C5H7N. The van der Waals surface area contributed by atoms with Crippen LogP contribution in [0.1, 0.15) is 6.92 Å². The van der Waals surface area contributed by atoms with E-state index in [1.165, 1.54) is 6.21 Å². The molecule has 1 N–H and O–H groups in total. The van der Waals surface area contributed by atoms with Crippen LogP contribution in [-0.4, -0.2) is 6.21 Å². The van der Waals surface area contributed by atoms with Crippen molar-refractivity contribution >= 4 is 6.21 Å². The first-order valence-electron chi connectivity index (χ1n) is 1.78. The first-order valence-corrected chi connectivity index (χ1v) is 1.78. The van der Waals surface area contributed by atoms with Crippen molar-refractivity contribution in [1.29, 1.82) is 5.41 Å².